The molecule has 1 N–H and O–H groups in total. The zero-order valence-corrected chi connectivity index (χ0v) is 16.5. The molecule has 3 rings (SSSR count). The summed E-state index contributed by atoms with van der Waals surface area (Å²) in [4.78, 5) is 26.5. The highest BCUT2D eigenvalue weighted by molar-refractivity contribution is 7.14. The van der Waals surface area contributed by atoms with E-state index in [1.807, 2.05) is 27.7 Å². The van der Waals surface area contributed by atoms with E-state index in [4.69, 9.17) is 0 Å². The number of rotatable bonds is 5. The SMILES string of the molecule is Cc1cc(NC(=O)c2sc(Cc3ccc(F)cc3)nc2C)nc(C(C)C)n1. The third-order valence-electron chi connectivity index (χ3n) is 3.95. The lowest BCUT2D eigenvalue weighted by Gasteiger charge is -2.09. The van der Waals surface area contributed by atoms with Gasteiger partial charge in [-0.05, 0) is 31.5 Å². The Kier molecular flexibility index (Phi) is 5.60. The molecule has 2 aromatic heterocycles. The van der Waals surface area contributed by atoms with Gasteiger partial charge in [-0.3, -0.25) is 4.79 Å². The molecular weight excluding hydrogens is 363 g/mol. The first-order chi connectivity index (χ1) is 12.8. The normalized spacial score (nSPS) is 11.0. The molecule has 7 heteroatoms. The third kappa shape index (κ3) is 4.74. The standard InChI is InChI=1S/C20H21FN4OS/c1-11(2)19-22-12(3)9-16(24-19)25-20(26)18-13(4)23-17(27-18)10-14-5-7-15(21)8-6-14/h5-9,11H,10H2,1-4H3,(H,22,24,25,26). The van der Waals surface area contributed by atoms with Crippen molar-refractivity contribution >= 4 is 23.1 Å². The molecule has 140 valence electrons. The van der Waals surface area contributed by atoms with Gasteiger partial charge in [0.2, 0.25) is 0 Å². The van der Waals surface area contributed by atoms with Gasteiger partial charge in [-0.2, -0.15) is 0 Å². The Morgan fingerprint density at radius 1 is 1.15 bits per heavy atom. The number of nitrogens with zero attached hydrogens (tertiary/aromatic N) is 3. The molecule has 27 heavy (non-hydrogen) atoms. The number of carbonyl (C=O) groups is 1. The molecule has 0 aliphatic rings. The van der Waals surface area contributed by atoms with Crippen LogP contribution in [0.1, 0.15) is 57.2 Å². The smallest absolute Gasteiger partial charge is 0.268 e. The predicted molar refractivity (Wildman–Crippen MR) is 105 cm³/mol. The molecule has 0 aliphatic heterocycles. The molecule has 1 amide bonds. The van der Waals surface area contributed by atoms with Crippen LogP contribution in [-0.2, 0) is 6.42 Å². The van der Waals surface area contributed by atoms with Crippen molar-refractivity contribution in [2.75, 3.05) is 5.32 Å². The number of hydrogen-bond donors (Lipinski definition) is 1. The fraction of sp³-hybridized carbons (Fsp3) is 0.300. The molecule has 0 spiro atoms. The minimum absolute atomic E-state index is 0.174. The summed E-state index contributed by atoms with van der Waals surface area (Å²) in [6.07, 6.45) is 0.559. The number of anilines is 1. The lowest BCUT2D eigenvalue weighted by atomic mass is 10.1. The Hall–Kier alpha value is -2.67. The van der Waals surface area contributed by atoms with Crippen molar-refractivity contribution < 1.29 is 9.18 Å². The maximum atomic E-state index is 13.0. The van der Waals surface area contributed by atoms with Crippen LogP contribution in [0.2, 0.25) is 0 Å². The summed E-state index contributed by atoms with van der Waals surface area (Å²) < 4.78 is 13.0. The summed E-state index contributed by atoms with van der Waals surface area (Å²) in [5.41, 5.74) is 2.43. The monoisotopic (exact) mass is 384 g/mol. The van der Waals surface area contributed by atoms with E-state index >= 15 is 0 Å². The number of benzene rings is 1. The predicted octanol–water partition coefficient (Wildman–Crippen LogP) is 4.66. The van der Waals surface area contributed by atoms with Crippen molar-refractivity contribution in [3.05, 3.63) is 68.8 Å². The summed E-state index contributed by atoms with van der Waals surface area (Å²) >= 11 is 1.34. The Balaban J connectivity index is 1.77. The van der Waals surface area contributed by atoms with Crippen LogP contribution in [-0.4, -0.2) is 20.9 Å². The van der Waals surface area contributed by atoms with E-state index in [1.54, 1.807) is 18.2 Å². The Labute approximate surface area is 161 Å². The molecule has 1 aromatic carbocycles. The topological polar surface area (TPSA) is 67.8 Å². The summed E-state index contributed by atoms with van der Waals surface area (Å²) in [7, 11) is 0. The fourth-order valence-corrected chi connectivity index (χ4v) is 3.60. The molecule has 0 aliphatic carbocycles. The molecular formula is C20H21FN4OS. The van der Waals surface area contributed by atoms with Crippen molar-refractivity contribution in [3.8, 4) is 0 Å². The first-order valence-electron chi connectivity index (χ1n) is 8.69. The zero-order valence-electron chi connectivity index (χ0n) is 15.7. The fourth-order valence-electron chi connectivity index (χ4n) is 2.60. The minimum Gasteiger partial charge on any atom is -0.306 e. The summed E-state index contributed by atoms with van der Waals surface area (Å²) in [6.45, 7) is 7.71. The summed E-state index contributed by atoms with van der Waals surface area (Å²) in [5, 5.41) is 3.66. The van der Waals surface area contributed by atoms with E-state index in [0.29, 0.717) is 28.6 Å². The molecule has 5 nitrogen and oxygen atoms in total. The van der Waals surface area contributed by atoms with E-state index < -0.39 is 0 Å². The molecule has 2 heterocycles. The maximum absolute atomic E-state index is 13.0. The Bertz CT molecular complexity index is 967. The molecule has 0 radical (unpaired) electrons. The third-order valence-corrected chi connectivity index (χ3v) is 5.10. The Morgan fingerprint density at radius 2 is 1.85 bits per heavy atom. The first kappa shape index (κ1) is 19.1. The number of amides is 1. The highest BCUT2D eigenvalue weighted by Crippen LogP contribution is 2.22. The second kappa shape index (κ2) is 7.92. The molecule has 0 bridgehead atoms. The van der Waals surface area contributed by atoms with Gasteiger partial charge < -0.3 is 5.32 Å². The molecule has 0 unspecified atom stereocenters. The molecule has 0 atom stereocenters. The molecule has 0 saturated carbocycles. The second-order valence-electron chi connectivity index (χ2n) is 6.69. The molecule has 0 saturated heterocycles. The van der Waals surface area contributed by atoms with Gasteiger partial charge in [-0.15, -0.1) is 11.3 Å². The Morgan fingerprint density at radius 3 is 2.52 bits per heavy atom. The number of halogens is 1. The first-order valence-corrected chi connectivity index (χ1v) is 9.51. The zero-order chi connectivity index (χ0) is 19.6. The van der Waals surface area contributed by atoms with E-state index in [-0.39, 0.29) is 17.6 Å². The summed E-state index contributed by atoms with van der Waals surface area (Å²) in [6, 6.07) is 8.05. The van der Waals surface area contributed by atoms with Crippen molar-refractivity contribution in [2.45, 2.75) is 40.0 Å². The number of thiazole rings is 1. The largest absolute Gasteiger partial charge is 0.306 e. The van der Waals surface area contributed by atoms with E-state index in [2.05, 4.69) is 20.3 Å². The number of nitrogens with one attached hydrogen (secondary N) is 1. The van der Waals surface area contributed by atoms with Crippen LogP contribution in [0.4, 0.5) is 10.2 Å². The molecule has 3 aromatic rings. The van der Waals surface area contributed by atoms with E-state index in [0.717, 1.165) is 16.3 Å². The van der Waals surface area contributed by atoms with Crippen LogP contribution in [0, 0.1) is 19.7 Å². The van der Waals surface area contributed by atoms with Gasteiger partial charge in [0, 0.05) is 24.1 Å². The van der Waals surface area contributed by atoms with Crippen LogP contribution < -0.4 is 5.32 Å². The minimum atomic E-state index is -0.268. The van der Waals surface area contributed by atoms with Crippen molar-refractivity contribution in [2.24, 2.45) is 0 Å². The van der Waals surface area contributed by atoms with Crippen molar-refractivity contribution in [1.82, 2.24) is 15.0 Å². The highest BCUT2D eigenvalue weighted by Gasteiger charge is 2.17. The van der Waals surface area contributed by atoms with E-state index in [9.17, 15) is 9.18 Å². The van der Waals surface area contributed by atoms with Gasteiger partial charge in [-0.1, -0.05) is 26.0 Å². The lowest BCUT2D eigenvalue weighted by Crippen LogP contribution is -2.14. The average molecular weight is 384 g/mol. The number of carbonyl (C=O) groups excluding carboxylic acids is 1. The highest BCUT2D eigenvalue weighted by atomic mass is 32.1. The number of hydrogen-bond acceptors (Lipinski definition) is 5. The number of aryl methyl sites for hydroxylation is 2. The lowest BCUT2D eigenvalue weighted by molar-refractivity contribution is 0.102. The van der Waals surface area contributed by atoms with Gasteiger partial charge in [0.15, 0.2) is 0 Å². The van der Waals surface area contributed by atoms with Gasteiger partial charge in [0.25, 0.3) is 5.91 Å². The van der Waals surface area contributed by atoms with Crippen LogP contribution >= 0.6 is 11.3 Å². The van der Waals surface area contributed by atoms with Gasteiger partial charge in [0.05, 0.1) is 10.7 Å². The van der Waals surface area contributed by atoms with Gasteiger partial charge in [0.1, 0.15) is 22.3 Å². The maximum Gasteiger partial charge on any atom is 0.268 e. The number of aromatic nitrogens is 3. The van der Waals surface area contributed by atoms with Crippen LogP contribution in [0.25, 0.3) is 0 Å². The van der Waals surface area contributed by atoms with Crippen molar-refractivity contribution in [3.63, 3.8) is 0 Å². The van der Waals surface area contributed by atoms with Crippen LogP contribution in [0.3, 0.4) is 0 Å². The van der Waals surface area contributed by atoms with Gasteiger partial charge >= 0.3 is 0 Å². The van der Waals surface area contributed by atoms with Crippen LogP contribution in [0.5, 0.6) is 0 Å². The average Bonchev–Trinajstić information content (AvgIpc) is 2.97. The van der Waals surface area contributed by atoms with E-state index in [1.165, 1.54) is 23.5 Å². The van der Waals surface area contributed by atoms with Crippen LogP contribution in [0.15, 0.2) is 30.3 Å². The van der Waals surface area contributed by atoms with Crippen molar-refractivity contribution in [1.29, 1.82) is 0 Å². The summed E-state index contributed by atoms with van der Waals surface area (Å²) in [5.74, 6) is 0.860. The van der Waals surface area contributed by atoms with Gasteiger partial charge in [-0.25, -0.2) is 19.3 Å². The quantitative estimate of drug-likeness (QED) is 0.695. The molecule has 0 fully saturated rings. The second-order valence-corrected chi connectivity index (χ2v) is 7.77.